The van der Waals surface area contributed by atoms with Crippen molar-refractivity contribution in [3.63, 3.8) is 0 Å². The van der Waals surface area contributed by atoms with Gasteiger partial charge in [-0.3, -0.25) is 9.48 Å². The fraction of sp³-hybridized carbons (Fsp3) is 0.429. The first-order valence-corrected chi connectivity index (χ1v) is 7.15. The molecule has 0 aromatic carbocycles. The van der Waals surface area contributed by atoms with E-state index in [4.69, 9.17) is 0 Å². The molecule has 0 saturated carbocycles. The van der Waals surface area contributed by atoms with E-state index in [1.807, 2.05) is 31.0 Å². The largest absolute Gasteiger partial charge is 0.351 e. The fourth-order valence-electron chi connectivity index (χ4n) is 2.06. The highest BCUT2D eigenvalue weighted by molar-refractivity contribution is 7.10. The Balaban J connectivity index is 1.96. The topological polar surface area (TPSA) is 46.9 Å². The molecule has 4 nitrogen and oxygen atoms in total. The van der Waals surface area contributed by atoms with Crippen LogP contribution in [0.15, 0.2) is 11.4 Å². The van der Waals surface area contributed by atoms with Crippen molar-refractivity contribution in [3.8, 4) is 0 Å². The maximum Gasteiger partial charge on any atom is 0.224 e. The van der Waals surface area contributed by atoms with Gasteiger partial charge in [-0.15, -0.1) is 11.3 Å². The smallest absolute Gasteiger partial charge is 0.224 e. The summed E-state index contributed by atoms with van der Waals surface area (Å²) in [6.07, 6.45) is 0.399. The van der Waals surface area contributed by atoms with Gasteiger partial charge in [0.1, 0.15) is 0 Å². The molecular weight excluding hydrogens is 258 g/mol. The number of nitrogens with zero attached hydrogens (tertiary/aromatic N) is 2. The first kappa shape index (κ1) is 13.8. The zero-order valence-corrected chi connectivity index (χ0v) is 12.6. The zero-order valence-electron chi connectivity index (χ0n) is 11.8. The number of carbonyl (C=O) groups is 1. The number of carbonyl (C=O) groups excluding carboxylic acids is 1. The lowest BCUT2D eigenvalue weighted by Gasteiger charge is -2.05. The molecule has 0 spiro atoms. The number of aromatic nitrogens is 2. The first-order valence-electron chi connectivity index (χ1n) is 6.27. The quantitative estimate of drug-likeness (QED) is 0.932. The van der Waals surface area contributed by atoms with Gasteiger partial charge in [0.05, 0.1) is 18.7 Å². The third-order valence-corrected chi connectivity index (χ3v) is 4.43. The summed E-state index contributed by atoms with van der Waals surface area (Å²) in [6.45, 7) is 6.61. The number of amides is 1. The van der Waals surface area contributed by atoms with E-state index >= 15 is 0 Å². The number of rotatable bonds is 4. The Labute approximate surface area is 117 Å². The number of aryl methyl sites for hydroxylation is 3. The van der Waals surface area contributed by atoms with Crippen LogP contribution in [0.5, 0.6) is 0 Å². The van der Waals surface area contributed by atoms with Crippen LogP contribution in [-0.4, -0.2) is 15.7 Å². The van der Waals surface area contributed by atoms with Crippen LogP contribution in [0.1, 0.15) is 27.4 Å². The van der Waals surface area contributed by atoms with Crippen LogP contribution in [0.3, 0.4) is 0 Å². The molecule has 2 rings (SSSR count). The molecule has 0 fully saturated rings. The van der Waals surface area contributed by atoms with Crippen LogP contribution in [0, 0.1) is 20.8 Å². The molecule has 2 heterocycles. The molecule has 0 radical (unpaired) electrons. The molecule has 0 aliphatic rings. The molecule has 0 bridgehead atoms. The van der Waals surface area contributed by atoms with Gasteiger partial charge in [-0.05, 0) is 37.8 Å². The Morgan fingerprint density at radius 2 is 2.16 bits per heavy atom. The third-order valence-electron chi connectivity index (χ3n) is 3.41. The molecule has 0 atom stereocenters. The average Bonchev–Trinajstić information content (AvgIpc) is 2.86. The molecule has 2 aromatic rings. The second-order valence-electron chi connectivity index (χ2n) is 4.75. The lowest BCUT2D eigenvalue weighted by molar-refractivity contribution is -0.120. The van der Waals surface area contributed by atoms with Gasteiger partial charge >= 0.3 is 0 Å². The fourth-order valence-corrected chi connectivity index (χ4v) is 2.91. The van der Waals surface area contributed by atoms with E-state index < -0.39 is 0 Å². The second kappa shape index (κ2) is 5.57. The molecule has 19 heavy (non-hydrogen) atoms. The number of hydrogen-bond acceptors (Lipinski definition) is 3. The van der Waals surface area contributed by atoms with Crippen LogP contribution in [-0.2, 0) is 24.8 Å². The number of thiophene rings is 1. The second-order valence-corrected chi connectivity index (χ2v) is 5.75. The maximum atomic E-state index is 12.0. The molecule has 2 aromatic heterocycles. The van der Waals surface area contributed by atoms with Crippen LogP contribution < -0.4 is 5.32 Å². The van der Waals surface area contributed by atoms with Crippen LogP contribution >= 0.6 is 11.3 Å². The van der Waals surface area contributed by atoms with Gasteiger partial charge in [0.25, 0.3) is 0 Å². The minimum absolute atomic E-state index is 0.0481. The highest BCUT2D eigenvalue weighted by atomic mass is 32.1. The van der Waals surface area contributed by atoms with Gasteiger partial charge in [-0.2, -0.15) is 5.10 Å². The van der Waals surface area contributed by atoms with Crippen molar-refractivity contribution in [1.29, 1.82) is 0 Å². The SMILES string of the molecule is Cc1ccsc1CNC(=O)Cc1c(C)nn(C)c1C. The van der Waals surface area contributed by atoms with Gasteiger partial charge in [0.15, 0.2) is 0 Å². The summed E-state index contributed by atoms with van der Waals surface area (Å²) in [7, 11) is 1.90. The zero-order chi connectivity index (χ0) is 14.0. The Morgan fingerprint density at radius 3 is 2.68 bits per heavy atom. The number of nitrogens with one attached hydrogen (secondary N) is 1. The normalized spacial score (nSPS) is 10.7. The van der Waals surface area contributed by atoms with Crippen molar-refractivity contribution in [2.24, 2.45) is 7.05 Å². The van der Waals surface area contributed by atoms with E-state index in [0.29, 0.717) is 13.0 Å². The van der Waals surface area contributed by atoms with E-state index in [-0.39, 0.29) is 5.91 Å². The van der Waals surface area contributed by atoms with Crippen molar-refractivity contribution in [2.45, 2.75) is 33.7 Å². The van der Waals surface area contributed by atoms with Gasteiger partial charge in [0.2, 0.25) is 5.91 Å². The summed E-state index contributed by atoms with van der Waals surface area (Å²) < 4.78 is 1.82. The lowest BCUT2D eigenvalue weighted by atomic mass is 10.1. The average molecular weight is 277 g/mol. The van der Waals surface area contributed by atoms with Gasteiger partial charge < -0.3 is 5.32 Å². The van der Waals surface area contributed by atoms with E-state index in [0.717, 1.165) is 17.0 Å². The minimum Gasteiger partial charge on any atom is -0.351 e. The van der Waals surface area contributed by atoms with E-state index in [9.17, 15) is 4.79 Å². The summed E-state index contributed by atoms with van der Waals surface area (Å²) in [5.74, 6) is 0.0481. The number of hydrogen-bond donors (Lipinski definition) is 1. The summed E-state index contributed by atoms with van der Waals surface area (Å²) in [5, 5.41) is 9.35. The minimum atomic E-state index is 0.0481. The molecule has 1 N–H and O–H groups in total. The first-order chi connectivity index (χ1) is 8.99. The van der Waals surface area contributed by atoms with Crippen molar-refractivity contribution in [3.05, 3.63) is 38.8 Å². The Bertz CT molecular complexity index is 598. The van der Waals surface area contributed by atoms with Crippen molar-refractivity contribution >= 4 is 17.2 Å². The molecule has 0 unspecified atom stereocenters. The maximum absolute atomic E-state index is 12.0. The molecule has 1 amide bonds. The highest BCUT2D eigenvalue weighted by Crippen LogP contribution is 2.15. The lowest BCUT2D eigenvalue weighted by Crippen LogP contribution is -2.24. The predicted octanol–water partition coefficient (Wildman–Crippen LogP) is 2.27. The monoisotopic (exact) mass is 277 g/mol. The molecule has 0 aliphatic carbocycles. The molecule has 0 aliphatic heterocycles. The molecule has 0 saturated heterocycles. The Morgan fingerprint density at radius 1 is 1.42 bits per heavy atom. The molecule has 5 heteroatoms. The molecule has 102 valence electrons. The highest BCUT2D eigenvalue weighted by Gasteiger charge is 2.13. The Kier molecular flexibility index (Phi) is 4.04. The van der Waals surface area contributed by atoms with Gasteiger partial charge in [-0.1, -0.05) is 0 Å². The van der Waals surface area contributed by atoms with Crippen LogP contribution in [0.25, 0.3) is 0 Å². The summed E-state index contributed by atoms with van der Waals surface area (Å²) >= 11 is 1.68. The van der Waals surface area contributed by atoms with Crippen molar-refractivity contribution < 1.29 is 4.79 Å². The summed E-state index contributed by atoms with van der Waals surface area (Å²) in [4.78, 5) is 13.2. The standard InChI is InChI=1S/C14H19N3OS/c1-9-5-6-19-13(9)8-15-14(18)7-12-10(2)16-17(4)11(12)3/h5-6H,7-8H2,1-4H3,(H,15,18). The van der Waals surface area contributed by atoms with Crippen molar-refractivity contribution in [1.82, 2.24) is 15.1 Å². The van der Waals surface area contributed by atoms with Crippen LogP contribution in [0.4, 0.5) is 0 Å². The third kappa shape index (κ3) is 3.04. The van der Waals surface area contributed by atoms with E-state index in [2.05, 4.69) is 23.4 Å². The summed E-state index contributed by atoms with van der Waals surface area (Å²) in [6, 6.07) is 2.07. The van der Waals surface area contributed by atoms with Gasteiger partial charge in [0, 0.05) is 23.2 Å². The van der Waals surface area contributed by atoms with E-state index in [1.165, 1.54) is 10.4 Å². The van der Waals surface area contributed by atoms with Gasteiger partial charge in [-0.25, -0.2) is 0 Å². The predicted molar refractivity (Wildman–Crippen MR) is 77.3 cm³/mol. The summed E-state index contributed by atoms with van der Waals surface area (Å²) in [5.41, 5.74) is 4.25. The van der Waals surface area contributed by atoms with E-state index in [1.54, 1.807) is 11.3 Å². The van der Waals surface area contributed by atoms with Crippen molar-refractivity contribution in [2.75, 3.05) is 0 Å². The Hall–Kier alpha value is -1.62. The van der Waals surface area contributed by atoms with Crippen LogP contribution in [0.2, 0.25) is 0 Å². The molecular formula is C14H19N3OS.